The number of thiazole rings is 1. The fourth-order valence-corrected chi connectivity index (χ4v) is 3.47. The first-order valence-corrected chi connectivity index (χ1v) is 9.53. The van der Waals surface area contributed by atoms with Gasteiger partial charge in [-0.25, -0.2) is 4.98 Å². The lowest BCUT2D eigenvalue weighted by atomic mass is 10.1. The van der Waals surface area contributed by atoms with E-state index in [1.165, 1.54) is 6.26 Å². The maximum atomic E-state index is 12.0. The van der Waals surface area contributed by atoms with Crippen LogP contribution >= 0.6 is 22.9 Å². The van der Waals surface area contributed by atoms with E-state index in [0.717, 1.165) is 21.1 Å². The van der Waals surface area contributed by atoms with Crippen molar-refractivity contribution in [2.24, 2.45) is 0 Å². The van der Waals surface area contributed by atoms with Gasteiger partial charge in [0.15, 0.2) is 5.76 Å². The second-order valence-electron chi connectivity index (χ2n) is 5.78. The van der Waals surface area contributed by atoms with E-state index in [-0.39, 0.29) is 30.5 Å². The van der Waals surface area contributed by atoms with Crippen molar-refractivity contribution in [1.82, 2.24) is 15.6 Å². The third-order valence-electron chi connectivity index (χ3n) is 3.78. The van der Waals surface area contributed by atoms with Crippen molar-refractivity contribution in [2.75, 3.05) is 6.54 Å². The average Bonchev–Trinajstić information content (AvgIpc) is 3.30. The summed E-state index contributed by atoms with van der Waals surface area (Å²) in [6.45, 7) is 2.58. The molecular formula is C19H18ClN3O3S. The molecule has 0 radical (unpaired) electrons. The number of aryl methyl sites for hydroxylation is 1. The molecule has 2 N–H and O–H groups in total. The van der Waals surface area contributed by atoms with Gasteiger partial charge in [-0.3, -0.25) is 9.59 Å². The predicted molar refractivity (Wildman–Crippen MR) is 105 cm³/mol. The predicted octanol–water partition coefficient (Wildman–Crippen LogP) is 3.80. The van der Waals surface area contributed by atoms with Gasteiger partial charge in [0.25, 0.3) is 5.91 Å². The third-order valence-corrected chi connectivity index (χ3v) is 5.00. The van der Waals surface area contributed by atoms with Crippen molar-refractivity contribution >= 4 is 34.8 Å². The monoisotopic (exact) mass is 403 g/mol. The lowest BCUT2D eigenvalue weighted by molar-refractivity contribution is -0.121. The van der Waals surface area contributed by atoms with E-state index in [2.05, 4.69) is 15.6 Å². The number of furan rings is 1. The van der Waals surface area contributed by atoms with Crippen LogP contribution in [-0.4, -0.2) is 23.3 Å². The zero-order valence-electron chi connectivity index (χ0n) is 14.6. The molecule has 6 nitrogen and oxygen atoms in total. The quantitative estimate of drug-likeness (QED) is 0.628. The molecule has 140 valence electrons. The van der Waals surface area contributed by atoms with Crippen molar-refractivity contribution in [3.05, 3.63) is 63.3 Å². The summed E-state index contributed by atoms with van der Waals surface area (Å²) < 4.78 is 4.99. The number of nitrogens with one attached hydrogen (secondary N) is 2. The Bertz CT molecular complexity index is 920. The molecule has 0 aliphatic rings. The zero-order chi connectivity index (χ0) is 19.2. The van der Waals surface area contributed by atoms with Crippen LogP contribution < -0.4 is 10.6 Å². The topological polar surface area (TPSA) is 84.2 Å². The molecule has 0 saturated carbocycles. The largest absolute Gasteiger partial charge is 0.459 e. The summed E-state index contributed by atoms with van der Waals surface area (Å²) in [5.74, 6) is -0.269. The molecule has 0 atom stereocenters. The highest BCUT2D eigenvalue weighted by Crippen LogP contribution is 2.28. The molecule has 2 aromatic heterocycles. The van der Waals surface area contributed by atoms with Gasteiger partial charge in [0.05, 0.1) is 18.5 Å². The summed E-state index contributed by atoms with van der Waals surface area (Å²) in [4.78, 5) is 29.3. The fourth-order valence-electron chi connectivity index (χ4n) is 2.45. The minimum absolute atomic E-state index is 0.157. The molecule has 0 aliphatic heterocycles. The Morgan fingerprint density at radius 3 is 2.67 bits per heavy atom. The first-order chi connectivity index (χ1) is 13.0. The molecular weight excluding hydrogens is 386 g/mol. The van der Waals surface area contributed by atoms with Crippen LogP contribution in [0.25, 0.3) is 11.3 Å². The van der Waals surface area contributed by atoms with E-state index in [4.69, 9.17) is 16.0 Å². The van der Waals surface area contributed by atoms with Crippen LogP contribution in [0.3, 0.4) is 0 Å². The minimum Gasteiger partial charge on any atom is -0.459 e. The number of amides is 2. The Hall–Kier alpha value is -2.64. The van der Waals surface area contributed by atoms with Gasteiger partial charge in [0, 0.05) is 28.4 Å². The summed E-state index contributed by atoms with van der Waals surface area (Å²) >= 11 is 7.46. The van der Waals surface area contributed by atoms with E-state index in [1.54, 1.807) is 23.5 Å². The van der Waals surface area contributed by atoms with E-state index < -0.39 is 0 Å². The molecule has 0 unspecified atom stereocenters. The summed E-state index contributed by atoms with van der Waals surface area (Å²) in [5.41, 5.74) is 1.89. The van der Waals surface area contributed by atoms with Crippen molar-refractivity contribution in [1.29, 1.82) is 0 Å². The van der Waals surface area contributed by atoms with E-state index in [1.807, 2.05) is 31.2 Å². The standard InChI is InChI=1S/C19H18ClN3O3S/c1-12-18(13-4-6-14(20)7-5-13)23-17(27-12)11-22-16(24)8-9-21-19(25)15-3-2-10-26-15/h2-7,10H,8-9,11H2,1H3,(H,21,25)(H,22,24). The second-order valence-corrected chi connectivity index (χ2v) is 7.50. The number of nitrogens with zero attached hydrogens (tertiary/aromatic N) is 1. The van der Waals surface area contributed by atoms with Gasteiger partial charge in [-0.15, -0.1) is 11.3 Å². The molecule has 0 saturated heterocycles. The van der Waals surface area contributed by atoms with E-state index >= 15 is 0 Å². The lowest BCUT2D eigenvalue weighted by Gasteiger charge is -2.04. The van der Waals surface area contributed by atoms with E-state index in [0.29, 0.717) is 11.6 Å². The summed E-state index contributed by atoms with van der Waals surface area (Å²) in [5, 5.41) is 6.96. The number of aromatic nitrogens is 1. The summed E-state index contributed by atoms with van der Waals surface area (Å²) in [6.07, 6.45) is 1.61. The Balaban J connectivity index is 1.47. The first-order valence-electron chi connectivity index (χ1n) is 8.33. The molecule has 2 heterocycles. The number of hydrogen-bond acceptors (Lipinski definition) is 5. The van der Waals surface area contributed by atoms with Crippen LogP contribution in [0.1, 0.15) is 26.9 Å². The molecule has 27 heavy (non-hydrogen) atoms. The Morgan fingerprint density at radius 1 is 1.19 bits per heavy atom. The first kappa shape index (κ1) is 19.1. The van der Waals surface area contributed by atoms with Gasteiger partial charge in [-0.2, -0.15) is 0 Å². The molecule has 0 spiro atoms. The SMILES string of the molecule is Cc1sc(CNC(=O)CCNC(=O)c2ccco2)nc1-c1ccc(Cl)cc1. The fraction of sp³-hybridized carbons (Fsp3) is 0.211. The summed E-state index contributed by atoms with van der Waals surface area (Å²) in [6, 6.07) is 10.7. The number of rotatable bonds is 7. The number of carbonyl (C=O) groups is 2. The van der Waals surface area contributed by atoms with Crippen LogP contribution in [0.5, 0.6) is 0 Å². The van der Waals surface area contributed by atoms with Crippen molar-refractivity contribution in [2.45, 2.75) is 19.9 Å². The molecule has 3 aromatic rings. The molecule has 0 bridgehead atoms. The number of carbonyl (C=O) groups excluding carboxylic acids is 2. The molecule has 0 aliphatic carbocycles. The van der Waals surface area contributed by atoms with Gasteiger partial charge in [-0.1, -0.05) is 23.7 Å². The normalized spacial score (nSPS) is 10.6. The van der Waals surface area contributed by atoms with Crippen LogP contribution in [-0.2, 0) is 11.3 Å². The van der Waals surface area contributed by atoms with Crippen LogP contribution in [0.2, 0.25) is 5.02 Å². The molecule has 1 aromatic carbocycles. The van der Waals surface area contributed by atoms with Crippen LogP contribution in [0, 0.1) is 6.92 Å². The van der Waals surface area contributed by atoms with Gasteiger partial charge < -0.3 is 15.1 Å². The van der Waals surface area contributed by atoms with Gasteiger partial charge in [-0.05, 0) is 31.2 Å². The molecule has 3 rings (SSSR count). The number of halogens is 1. The maximum absolute atomic E-state index is 12.0. The van der Waals surface area contributed by atoms with Gasteiger partial charge in [0.1, 0.15) is 5.01 Å². The Morgan fingerprint density at radius 2 is 1.96 bits per heavy atom. The van der Waals surface area contributed by atoms with Crippen molar-refractivity contribution < 1.29 is 14.0 Å². The number of benzene rings is 1. The van der Waals surface area contributed by atoms with Crippen molar-refractivity contribution in [3.8, 4) is 11.3 Å². The highest BCUT2D eigenvalue weighted by molar-refractivity contribution is 7.12. The van der Waals surface area contributed by atoms with Crippen molar-refractivity contribution in [3.63, 3.8) is 0 Å². The maximum Gasteiger partial charge on any atom is 0.286 e. The Kier molecular flexibility index (Phi) is 6.26. The number of hydrogen-bond donors (Lipinski definition) is 2. The Labute approximate surface area is 165 Å². The minimum atomic E-state index is -0.337. The molecule has 2 amide bonds. The smallest absolute Gasteiger partial charge is 0.286 e. The highest BCUT2D eigenvalue weighted by atomic mass is 35.5. The molecule has 0 fully saturated rings. The van der Waals surface area contributed by atoms with Gasteiger partial charge in [0.2, 0.25) is 5.91 Å². The average molecular weight is 404 g/mol. The lowest BCUT2D eigenvalue weighted by Crippen LogP contribution is -2.30. The van der Waals surface area contributed by atoms with Crippen LogP contribution in [0.15, 0.2) is 47.1 Å². The second kappa shape index (κ2) is 8.83. The van der Waals surface area contributed by atoms with E-state index in [9.17, 15) is 9.59 Å². The summed E-state index contributed by atoms with van der Waals surface area (Å²) in [7, 11) is 0. The highest BCUT2D eigenvalue weighted by Gasteiger charge is 2.12. The van der Waals surface area contributed by atoms with Gasteiger partial charge >= 0.3 is 0 Å². The zero-order valence-corrected chi connectivity index (χ0v) is 16.2. The molecule has 8 heteroatoms. The van der Waals surface area contributed by atoms with Crippen LogP contribution in [0.4, 0.5) is 0 Å². The third kappa shape index (κ3) is 5.18.